The van der Waals surface area contributed by atoms with E-state index in [1.807, 2.05) is 39.0 Å². The lowest BCUT2D eigenvalue weighted by atomic mass is 9.74. The van der Waals surface area contributed by atoms with Gasteiger partial charge in [0.25, 0.3) is 0 Å². The number of ether oxygens (including phenoxy) is 3. The number of benzene rings is 2. The molecule has 0 radical (unpaired) electrons. The number of halogens is 1. The minimum Gasteiger partial charge on any atom is -0.492 e. The molecule has 0 bridgehead atoms. The van der Waals surface area contributed by atoms with E-state index in [1.165, 1.54) is 11.1 Å². The number of hydrogen-bond donors (Lipinski definition) is 0. The van der Waals surface area contributed by atoms with Crippen molar-refractivity contribution in [2.45, 2.75) is 70.0 Å². The van der Waals surface area contributed by atoms with E-state index in [-0.39, 0.29) is 17.5 Å². The second-order valence-corrected chi connectivity index (χ2v) is 11.3. The van der Waals surface area contributed by atoms with Crippen molar-refractivity contribution in [3.8, 4) is 11.5 Å². The molecule has 1 unspecified atom stereocenters. The normalized spacial score (nSPS) is 21.1. The molecule has 1 fully saturated rings. The molecule has 2 aromatic carbocycles. The molecule has 0 aromatic heterocycles. The molecule has 1 saturated heterocycles. The van der Waals surface area contributed by atoms with Crippen molar-refractivity contribution in [1.29, 1.82) is 0 Å². The summed E-state index contributed by atoms with van der Waals surface area (Å²) in [6.45, 7) is 9.10. The number of aryl methyl sites for hydroxylation is 1. The predicted octanol–water partition coefficient (Wildman–Crippen LogP) is 5.86. The molecule has 5 nitrogen and oxygen atoms in total. The third-order valence-corrected chi connectivity index (χ3v) is 7.64. The number of likely N-dealkylation sites (tertiary alicyclic amines) is 1. The minimum atomic E-state index is -0.427. The summed E-state index contributed by atoms with van der Waals surface area (Å²) in [6, 6.07) is 12.4. The van der Waals surface area contributed by atoms with Gasteiger partial charge in [-0.3, -0.25) is 4.79 Å². The number of fused-ring (bicyclic) bond motifs is 3. The van der Waals surface area contributed by atoms with E-state index >= 15 is 0 Å². The van der Waals surface area contributed by atoms with Crippen LogP contribution in [0.3, 0.4) is 0 Å². The molecule has 34 heavy (non-hydrogen) atoms. The Kier molecular flexibility index (Phi) is 6.28. The molecule has 2 aliphatic heterocycles. The second-order valence-electron chi connectivity index (χ2n) is 10.9. The van der Waals surface area contributed by atoms with E-state index in [9.17, 15) is 4.79 Å². The molecular formula is C28H34ClNO4. The lowest BCUT2D eigenvalue weighted by molar-refractivity contribution is -0.155. The minimum absolute atomic E-state index is 0.00896. The molecule has 1 aliphatic carbocycles. The highest BCUT2D eigenvalue weighted by Crippen LogP contribution is 2.47. The fraction of sp³-hybridized carbons (Fsp3) is 0.536. The van der Waals surface area contributed by atoms with Gasteiger partial charge >= 0.3 is 5.97 Å². The number of piperidine rings is 1. The number of rotatable bonds is 5. The van der Waals surface area contributed by atoms with Crippen LogP contribution in [0.25, 0.3) is 0 Å². The first-order valence-corrected chi connectivity index (χ1v) is 12.8. The molecule has 182 valence electrons. The van der Waals surface area contributed by atoms with Gasteiger partial charge in [0.1, 0.15) is 23.2 Å². The van der Waals surface area contributed by atoms with Crippen LogP contribution in [0.2, 0.25) is 5.02 Å². The summed E-state index contributed by atoms with van der Waals surface area (Å²) in [6.07, 6.45) is 4.42. The van der Waals surface area contributed by atoms with Crippen LogP contribution in [0.15, 0.2) is 36.4 Å². The van der Waals surface area contributed by atoms with Crippen molar-refractivity contribution < 1.29 is 19.0 Å². The maximum absolute atomic E-state index is 12.1. The third kappa shape index (κ3) is 4.78. The average Bonchev–Trinajstić information content (AvgIpc) is 3.35. The van der Waals surface area contributed by atoms with Gasteiger partial charge in [-0.2, -0.15) is 0 Å². The maximum atomic E-state index is 12.1. The lowest BCUT2D eigenvalue weighted by Gasteiger charge is -2.38. The van der Waals surface area contributed by atoms with E-state index in [4.69, 9.17) is 25.8 Å². The average molecular weight is 484 g/mol. The highest BCUT2D eigenvalue weighted by atomic mass is 35.5. The molecule has 0 amide bonds. The first-order valence-electron chi connectivity index (χ1n) is 12.4. The molecule has 3 aliphatic rings. The largest absolute Gasteiger partial charge is 0.492 e. The van der Waals surface area contributed by atoms with E-state index in [0.29, 0.717) is 13.0 Å². The molecule has 2 heterocycles. The van der Waals surface area contributed by atoms with Crippen LogP contribution in [0.1, 0.15) is 69.2 Å². The molecule has 0 N–H and O–H groups in total. The molecule has 6 heteroatoms. The SMILES string of the molecule is CC(C)(C)OC(=O)CCN1CCC2(CC1)COc1cc(OC3CCc4cccc(Cl)c43)ccc12. The van der Waals surface area contributed by atoms with E-state index in [2.05, 4.69) is 23.1 Å². The summed E-state index contributed by atoms with van der Waals surface area (Å²) < 4.78 is 18.0. The van der Waals surface area contributed by atoms with Gasteiger partial charge in [-0.05, 0) is 77.2 Å². The fourth-order valence-corrected chi connectivity index (χ4v) is 5.88. The smallest absolute Gasteiger partial charge is 0.307 e. The number of esters is 1. The Hall–Kier alpha value is -2.24. The topological polar surface area (TPSA) is 48.0 Å². The van der Waals surface area contributed by atoms with E-state index in [1.54, 1.807) is 0 Å². The summed E-state index contributed by atoms with van der Waals surface area (Å²) in [5.41, 5.74) is 3.33. The Balaban J connectivity index is 1.20. The highest BCUT2D eigenvalue weighted by Gasteiger charge is 2.43. The lowest BCUT2D eigenvalue weighted by Crippen LogP contribution is -2.44. The summed E-state index contributed by atoms with van der Waals surface area (Å²) in [7, 11) is 0. The Morgan fingerprint density at radius 3 is 2.76 bits per heavy atom. The van der Waals surface area contributed by atoms with Crippen LogP contribution in [0.4, 0.5) is 0 Å². The van der Waals surface area contributed by atoms with Crippen LogP contribution in [-0.4, -0.2) is 42.7 Å². The van der Waals surface area contributed by atoms with Crippen molar-refractivity contribution in [1.82, 2.24) is 4.90 Å². The number of carbonyl (C=O) groups is 1. The van der Waals surface area contributed by atoms with Crippen LogP contribution < -0.4 is 9.47 Å². The quantitative estimate of drug-likeness (QED) is 0.498. The maximum Gasteiger partial charge on any atom is 0.307 e. The van der Waals surface area contributed by atoms with Gasteiger partial charge < -0.3 is 19.1 Å². The molecule has 2 aromatic rings. The van der Waals surface area contributed by atoms with Gasteiger partial charge in [0.05, 0.1) is 13.0 Å². The second kappa shape index (κ2) is 9.09. The van der Waals surface area contributed by atoms with Crippen LogP contribution in [0, 0.1) is 0 Å². The number of nitrogens with zero attached hydrogens (tertiary/aromatic N) is 1. The summed E-state index contributed by atoms with van der Waals surface area (Å²) in [4.78, 5) is 14.4. The third-order valence-electron chi connectivity index (χ3n) is 7.31. The van der Waals surface area contributed by atoms with Gasteiger partial charge in [0.15, 0.2) is 0 Å². The van der Waals surface area contributed by atoms with Crippen LogP contribution in [-0.2, 0) is 21.4 Å². The Morgan fingerprint density at radius 1 is 1.21 bits per heavy atom. The summed E-state index contributed by atoms with van der Waals surface area (Å²) >= 11 is 6.47. The predicted molar refractivity (Wildman–Crippen MR) is 133 cm³/mol. The molecular weight excluding hydrogens is 450 g/mol. The fourth-order valence-electron chi connectivity index (χ4n) is 5.56. The molecule has 1 atom stereocenters. The van der Waals surface area contributed by atoms with Gasteiger partial charge in [-0.1, -0.05) is 29.8 Å². The van der Waals surface area contributed by atoms with Crippen molar-refractivity contribution >= 4 is 17.6 Å². The van der Waals surface area contributed by atoms with Crippen LogP contribution in [0.5, 0.6) is 11.5 Å². The Labute approximate surface area is 207 Å². The Morgan fingerprint density at radius 2 is 2.00 bits per heavy atom. The van der Waals surface area contributed by atoms with Gasteiger partial charge in [0, 0.05) is 34.2 Å². The van der Waals surface area contributed by atoms with E-state index in [0.717, 1.165) is 67.4 Å². The van der Waals surface area contributed by atoms with Crippen LogP contribution >= 0.6 is 11.6 Å². The first kappa shape index (κ1) is 23.5. The van der Waals surface area contributed by atoms with Crippen molar-refractivity contribution in [3.05, 3.63) is 58.1 Å². The summed E-state index contributed by atoms with van der Waals surface area (Å²) in [5.74, 6) is 1.65. The van der Waals surface area contributed by atoms with Crippen molar-refractivity contribution in [2.75, 3.05) is 26.2 Å². The zero-order valence-corrected chi connectivity index (χ0v) is 21.1. The monoisotopic (exact) mass is 483 g/mol. The molecule has 0 saturated carbocycles. The van der Waals surface area contributed by atoms with Gasteiger partial charge in [-0.25, -0.2) is 0 Å². The zero-order valence-electron chi connectivity index (χ0n) is 20.4. The molecule has 1 spiro atoms. The highest BCUT2D eigenvalue weighted by molar-refractivity contribution is 6.31. The molecule has 5 rings (SSSR count). The van der Waals surface area contributed by atoms with Crippen molar-refractivity contribution in [2.24, 2.45) is 0 Å². The van der Waals surface area contributed by atoms with Gasteiger partial charge in [0.2, 0.25) is 0 Å². The number of hydrogen-bond acceptors (Lipinski definition) is 5. The summed E-state index contributed by atoms with van der Waals surface area (Å²) in [5, 5.41) is 0.787. The zero-order chi connectivity index (χ0) is 23.9. The van der Waals surface area contributed by atoms with Crippen molar-refractivity contribution in [3.63, 3.8) is 0 Å². The number of carbonyl (C=O) groups excluding carboxylic acids is 1. The van der Waals surface area contributed by atoms with Gasteiger partial charge in [-0.15, -0.1) is 0 Å². The standard InChI is InChI=1S/C28H34ClNO4/c1-27(2,3)34-25(31)11-14-30-15-12-28(13-16-30)18-32-24-17-20(8-9-21(24)28)33-23-10-7-19-5-4-6-22(29)26(19)23/h4-6,8-9,17,23H,7,10-16,18H2,1-3H3. The Bertz CT molecular complexity index is 1070. The first-order chi connectivity index (χ1) is 16.2. The van der Waals surface area contributed by atoms with E-state index < -0.39 is 5.60 Å².